The number of fused-ring (bicyclic) bond motifs is 1. The zero-order valence-corrected chi connectivity index (χ0v) is 17.8. The molecule has 0 atom stereocenters. The van der Waals surface area contributed by atoms with Gasteiger partial charge in [0.15, 0.2) is 0 Å². The van der Waals surface area contributed by atoms with Gasteiger partial charge in [0.2, 0.25) is 0 Å². The topological polar surface area (TPSA) is 41.3 Å². The van der Waals surface area contributed by atoms with Gasteiger partial charge in [0.05, 0.1) is 11.2 Å². The Balaban J connectivity index is 1.88. The average molecular weight is 398 g/mol. The van der Waals surface area contributed by atoms with E-state index >= 15 is 0 Å². The Morgan fingerprint density at radius 1 is 1.04 bits per heavy atom. The molecule has 1 N–H and O–H groups in total. The lowest BCUT2D eigenvalue weighted by atomic mass is 9.97. The molecule has 4 rings (SSSR count). The molecule has 0 spiro atoms. The molecule has 28 heavy (non-hydrogen) atoms. The summed E-state index contributed by atoms with van der Waals surface area (Å²) in [4.78, 5) is 7.32. The summed E-state index contributed by atoms with van der Waals surface area (Å²) in [5.41, 5.74) is 6.98. The number of piperidine rings is 1. The standard InChI is InChI=1S/C23H28ClN3O/c1-14-9-19(24)10-15(2)22(14)27-12-16(3)21-20(27)11-17(4)25-23(21)26-7-5-18(13-28)6-8-26/h9-12,18,28H,5-8,13H2,1-4H3. The Kier molecular flexibility index (Phi) is 5.11. The number of rotatable bonds is 3. The van der Waals surface area contributed by atoms with Gasteiger partial charge in [-0.2, -0.15) is 0 Å². The Bertz CT molecular complexity index is 1010. The van der Waals surface area contributed by atoms with E-state index in [0.717, 1.165) is 42.5 Å². The molecule has 148 valence electrons. The molecule has 1 aliphatic heterocycles. The van der Waals surface area contributed by atoms with Crippen molar-refractivity contribution >= 4 is 28.3 Å². The first-order valence-electron chi connectivity index (χ1n) is 10.0. The first-order chi connectivity index (χ1) is 13.4. The van der Waals surface area contributed by atoms with Crippen LogP contribution in [0.4, 0.5) is 5.82 Å². The molecule has 0 unspecified atom stereocenters. The van der Waals surface area contributed by atoms with E-state index in [4.69, 9.17) is 16.6 Å². The zero-order valence-electron chi connectivity index (χ0n) is 17.1. The molecule has 3 aromatic rings. The van der Waals surface area contributed by atoms with E-state index in [0.29, 0.717) is 5.92 Å². The molecule has 1 fully saturated rings. The third-order valence-corrected chi connectivity index (χ3v) is 6.17. The van der Waals surface area contributed by atoms with Crippen LogP contribution >= 0.6 is 11.6 Å². The van der Waals surface area contributed by atoms with Crippen LogP contribution in [-0.2, 0) is 0 Å². The van der Waals surface area contributed by atoms with Crippen molar-refractivity contribution < 1.29 is 5.11 Å². The van der Waals surface area contributed by atoms with Gasteiger partial charge < -0.3 is 14.6 Å². The fourth-order valence-corrected chi connectivity index (χ4v) is 4.89. The van der Waals surface area contributed by atoms with E-state index < -0.39 is 0 Å². The highest BCUT2D eigenvalue weighted by molar-refractivity contribution is 6.30. The predicted octanol–water partition coefficient (Wildman–Crippen LogP) is 5.12. The third-order valence-electron chi connectivity index (χ3n) is 5.95. The molecule has 1 aromatic carbocycles. The zero-order chi connectivity index (χ0) is 20.0. The summed E-state index contributed by atoms with van der Waals surface area (Å²) in [6.45, 7) is 10.6. The number of halogens is 1. The molecule has 4 nitrogen and oxygen atoms in total. The lowest BCUT2D eigenvalue weighted by Gasteiger charge is -2.32. The molecular weight excluding hydrogens is 370 g/mol. The van der Waals surface area contributed by atoms with Crippen molar-refractivity contribution in [3.63, 3.8) is 0 Å². The van der Waals surface area contributed by atoms with E-state index in [9.17, 15) is 5.11 Å². The number of benzene rings is 1. The number of hydrogen-bond donors (Lipinski definition) is 1. The van der Waals surface area contributed by atoms with Crippen molar-refractivity contribution in [3.05, 3.63) is 51.8 Å². The lowest BCUT2D eigenvalue weighted by molar-refractivity contribution is 0.203. The average Bonchev–Trinajstić information content (AvgIpc) is 2.96. The van der Waals surface area contributed by atoms with Crippen molar-refractivity contribution in [2.45, 2.75) is 40.5 Å². The summed E-state index contributed by atoms with van der Waals surface area (Å²) < 4.78 is 2.30. The number of hydrogen-bond acceptors (Lipinski definition) is 3. The number of anilines is 1. The maximum atomic E-state index is 9.46. The van der Waals surface area contributed by atoms with Crippen LogP contribution in [0.5, 0.6) is 0 Å². The second-order valence-corrected chi connectivity index (χ2v) is 8.60. The van der Waals surface area contributed by atoms with Gasteiger partial charge in [-0.25, -0.2) is 4.98 Å². The van der Waals surface area contributed by atoms with Crippen LogP contribution in [0.3, 0.4) is 0 Å². The van der Waals surface area contributed by atoms with Crippen molar-refractivity contribution in [2.24, 2.45) is 5.92 Å². The van der Waals surface area contributed by atoms with Crippen LogP contribution in [0.2, 0.25) is 5.02 Å². The van der Waals surface area contributed by atoms with E-state index in [1.807, 2.05) is 12.1 Å². The van der Waals surface area contributed by atoms with Gasteiger partial charge >= 0.3 is 0 Å². The first-order valence-corrected chi connectivity index (χ1v) is 10.4. The van der Waals surface area contributed by atoms with E-state index in [2.05, 4.69) is 49.4 Å². The smallest absolute Gasteiger partial charge is 0.138 e. The second-order valence-electron chi connectivity index (χ2n) is 8.16. The largest absolute Gasteiger partial charge is 0.396 e. The number of aromatic nitrogens is 2. The fraction of sp³-hybridized carbons (Fsp3) is 0.435. The van der Waals surface area contributed by atoms with E-state index in [1.54, 1.807) is 0 Å². The molecule has 2 aromatic heterocycles. The second kappa shape index (κ2) is 7.41. The minimum absolute atomic E-state index is 0.287. The lowest BCUT2D eigenvalue weighted by Crippen LogP contribution is -2.35. The molecule has 5 heteroatoms. The summed E-state index contributed by atoms with van der Waals surface area (Å²) in [5.74, 6) is 1.49. The summed E-state index contributed by atoms with van der Waals surface area (Å²) in [5, 5.41) is 11.5. The summed E-state index contributed by atoms with van der Waals surface area (Å²) in [7, 11) is 0. The number of aryl methyl sites for hydroxylation is 4. The van der Waals surface area contributed by atoms with Crippen LogP contribution in [0.25, 0.3) is 16.6 Å². The van der Waals surface area contributed by atoms with Crippen LogP contribution in [0.15, 0.2) is 24.4 Å². The molecule has 1 saturated heterocycles. The number of aliphatic hydroxyl groups is 1. The van der Waals surface area contributed by atoms with Crippen molar-refractivity contribution in [1.82, 2.24) is 9.55 Å². The fourth-order valence-electron chi connectivity index (χ4n) is 4.56. The Labute approximate surface area is 171 Å². The normalized spacial score (nSPS) is 15.6. The molecular formula is C23H28ClN3O. The van der Waals surface area contributed by atoms with Crippen LogP contribution in [-0.4, -0.2) is 34.4 Å². The third kappa shape index (κ3) is 3.29. The number of nitrogens with zero attached hydrogens (tertiary/aromatic N) is 3. The first kappa shape index (κ1) is 19.3. The minimum atomic E-state index is 0.287. The van der Waals surface area contributed by atoms with E-state index in [1.165, 1.54) is 33.3 Å². The summed E-state index contributed by atoms with van der Waals surface area (Å²) >= 11 is 6.27. The highest BCUT2D eigenvalue weighted by Crippen LogP contribution is 2.36. The molecule has 0 bridgehead atoms. The van der Waals surface area contributed by atoms with Gasteiger partial charge in [0.1, 0.15) is 5.82 Å². The van der Waals surface area contributed by atoms with Crippen molar-refractivity contribution in [1.29, 1.82) is 0 Å². The van der Waals surface area contributed by atoms with Gasteiger partial charge in [0.25, 0.3) is 0 Å². The summed E-state index contributed by atoms with van der Waals surface area (Å²) in [6, 6.07) is 6.24. The predicted molar refractivity (Wildman–Crippen MR) is 117 cm³/mol. The van der Waals surface area contributed by atoms with Gasteiger partial charge in [-0.15, -0.1) is 0 Å². The van der Waals surface area contributed by atoms with Crippen molar-refractivity contribution in [2.75, 3.05) is 24.6 Å². The van der Waals surface area contributed by atoms with Crippen molar-refractivity contribution in [3.8, 4) is 5.69 Å². The number of aliphatic hydroxyl groups excluding tert-OH is 1. The van der Waals surface area contributed by atoms with Crippen LogP contribution in [0.1, 0.15) is 35.2 Å². The molecule has 0 amide bonds. The van der Waals surface area contributed by atoms with Crippen LogP contribution in [0, 0.1) is 33.6 Å². The van der Waals surface area contributed by atoms with Gasteiger partial charge in [0, 0.05) is 42.0 Å². The molecule has 3 heterocycles. The molecule has 1 aliphatic rings. The Morgan fingerprint density at radius 3 is 2.29 bits per heavy atom. The highest BCUT2D eigenvalue weighted by Gasteiger charge is 2.24. The molecule has 0 radical (unpaired) electrons. The van der Waals surface area contributed by atoms with Crippen LogP contribution < -0.4 is 4.90 Å². The monoisotopic (exact) mass is 397 g/mol. The van der Waals surface area contributed by atoms with E-state index in [-0.39, 0.29) is 6.61 Å². The Morgan fingerprint density at radius 2 is 1.68 bits per heavy atom. The highest BCUT2D eigenvalue weighted by atomic mass is 35.5. The van der Waals surface area contributed by atoms with Gasteiger partial charge in [-0.1, -0.05) is 11.6 Å². The Hall–Kier alpha value is -2.04. The number of pyridine rings is 1. The van der Waals surface area contributed by atoms with Gasteiger partial charge in [-0.3, -0.25) is 0 Å². The summed E-state index contributed by atoms with van der Waals surface area (Å²) in [6.07, 6.45) is 4.25. The molecule has 0 aliphatic carbocycles. The quantitative estimate of drug-likeness (QED) is 0.666. The molecule has 0 saturated carbocycles. The maximum Gasteiger partial charge on any atom is 0.138 e. The SMILES string of the molecule is Cc1cc2c(c(C)cn2-c2c(C)cc(Cl)cc2C)c(N2CCC(CO)CC2)n1. The minimum Gasteiger partial charge on any atom is -0.396 e. The maximum absolute atomic E-state index is 9.46. The van der Waals surface area contributed by atoms with Gasteiger partial charge in [-0.05, 0) is 81.3 Å².